The van der Waals surface area contributed by atoms with Gasteiger partial charge in [0.05, 0.1) is 17.4 Å². The molecule has 214 valence electrons. The molecule has 7 rings (SSSR count). The lowest BCUT2D eigenvalue weighted by molar-refractivity contribution is -0.138. The molecule has 0 aromatic carbocycles. The monoisotopic (exact) mass is 628 g/mol. The zero-order valence-corrected chi connectivity index (χ0v) is 25.1. The summed E-state index contributed by atoms with van der Waals surface area (Å²) in [5.41, 5.74) is 3.03. The van der Waals surface area contributed by atoms with E-state index in [0.717, 1.165) is 30.4 Å². The number of rotatable bonds is 7. The van der Waals surface area contributed by atoms with E-state index in [1.54, 1.807) is 28.2 Å². The van der Waals surface area contributed by atoms with Gasteiger partial charge in [0.15, 0.2) is 5.78 Å². The van der Waals surface area contributed by atoms with Gasteiger partial charge in [0.1, 0.15) is 34.5 Å². The lowest BCUT2D eigenvalue weighted by Gasteiger charge is -2.27. The molecule has 5 heterocycles. The number of piperidine rings is 1. The first kappa shape index (κ1) is 26.8. The second kappa shape index (κ2) is 9.75. The summed E-state index contributed by atoms with van der Waals surface area (Å²) >= 11 is 3.36. The highest BCUT2D eigenvalue weighted by Crippen LogP contribution is 2.59. The number of anilines is 1. The van der Waals surface area contributed by atoms with Crippen molar-refractivity contribution in [1.82, 2.24) is 34.6 Å². The van der Waals surface area contributed by atoms with E-state index in [0.29, 0.717) is 45.0 Å². The Kier molecular flexibility index (Phi) is 6.23. The van der Waals surface area contributed by atoms with Crippen molar-refractivity contribution in [2.24, 2.45) is 11.3 Å². The molecule has 1 aliphatic heterocycles. The normalized spacial score (nSPS) is 22.7. The van der Waals surface area contributed by atoms with Crippen LogP contribution in [-0.2, 0) is 16.1 Å². The van der Waals surface area contributed by atoms with Crippen LogP contribution in [0.2, 0.25) is 0 Å². The molecule has 0 spiro atoms. The third-order valence-electron chi connectivity index (χ3n) is 8.71. The predicted octanol–water partition coefficient (Wildman–Crippen LogP) is 4.27. The van der Waals surface area contributed by atoms with E-state index >= 15 is 0 Å². The fourth-order valence-corrected chi connectivity index (χ4v) is 6.31. The van der Waals surface area contributed by atoms with Gasteiger partial charge in [-0.15, -0.1) is 0 Å². The van der Waals surface area contributed by atoms with Crippen LogP contribution in [0.4, 0.5) is 5.82 Å². The van der Waals surface area contributed by atoms with Crippen LogP contribution in [0.15, 0.2) is 41.4 Å². The summed E-state index contributed by atoms with van der Waals surface area (Å²) < 4.78 is 2.18. The average Bonchev–Trinajstić information content (AvgIpc) is 3.87. The Bertz CT molecular complexity index is 1780. The van der Waals surface area contributed by atoms with Crippen molar-refractivity contribution < 1.29 is 14.4 Å². The summed E-state index contributed by atoms with van der Waals surface area (Å²) in [6, 6.07) is 4.87. The van der Waals surface area contributed by atoms with Crippen LogP contribution in [0.5, 0.6) is 0 Å². The molecular weight excluding hydrogens is 600 g/mol. The summed E-state index contributed by atoms with van der Waals surface area (Å²) in [6.07, 6.45) is 8.15. The van der Waals surface area contributed by atoms with Gasteiger partial charge in [-0.1, -0.05) is 13.0 Å². The number of pyridine rings is 2. The fraction of sp³-hybridized carbons (Fsp3) is 0.400. The van der Waals surface area contributed by atoms with Crippen LogP contribution in [0, 0.1) is 25.2 Å². The number of Topliss-reactive ketones (excluding diaryl/α,β-unsaturated/α-hetero) is 1. The van der Waals surface area contributed by atoms with Gasteiger partial charge < -0.3 is 10.2 Å². The predicted molar refractivity (Wildman–Crippen MR) is 157 cm³/mol. The highest BCUT2D eigenvalue weighted by Gasteiger charge is 2.64. The first-order valence-electron chi connectivity index (χ1n) is 14.1. The number of nitrogens with one attached hydrogen (secondary N) is 1. The number of hydrogen-bond acceptors (Lipinski definition) is 8. The van der Waals surface area contributed by atoms with E-state index < -0.39 is 6.04 Å². The number of likely N-dealkylation sites (tertiary alicyclic amines) is 1. The molecular formula is C30H29BrN8O3. The van der Waals surface area contributed by atoms with Gasteiger partial charge in [-0.2, -0.15) is 5.10 Å². The Morgan fingerprint density at radius 1 is 1.07 bits per heavy atom. The second-order valence-electron chi connectivity index (χ2n) is 11.9. The van der Waals surface area contributed by atoms with Crippen LogP contribution in [0.3, 0.4) is 0 Å². The average molecular weight is 630 g/mol. The Morgan fingerprint density at radius 3 is 2.57 bits per heavy atom. The van der Waals surface area contributed by atoms with E-state index in [4.69, 9.17) is 0 Å². The molecule has 4 aromatic heterocycles. The van der Waals surface area contributed by atoms with Crippen molar-refractivity contribution in [2.45, 2.75) is 65.1 Å². The number of amides is 2. The number of halogens is 1. The van der Waals surface area contributed by atoms with Gasteiger partial charge in [-0.05, 0) is 78.6 Å². The third-order valence-corrected chi connectivity index (χ3v) is 9.15. The molecule has 3 fully saturated rings. The maximum absolute atomic E-state index is 13.9. The molecule has 1 saturated heterocycles. The minimum atomic E-state index is -0.623. The van der Waals surface area contributed by atoms with E-state index in [1.807, 2.05) is 32.0 Å². The minimum Gasteiger partial charge on any atom is -0.325 e. The molecule has 0 radical (unpaired) electrons. The number of aromatic nitrogens is 6. The second-order valence-corrected chi connectivity index (χ2v) is 12.7. The van der Waals surface area contributed by atoms with Crippen molar-refractivity contribution in [2.75, 3.05) is 5.32 Å². The number of ketones is 1. The SMILES string of the molecule is Cc1ncc(-c2cc3c(C(=O)C4CC4)nn(CC(=O)N4[C@H](C(=O)Nc5nc(Br)ccc5C)C[C@@]5(C)C[C@@H]45)c3cn2)cn1. The van der Waals surface area contributed by atoms with Crippen LogP contribution < -0.4 is 5.32 Å². The molecule has 42 heavy (non-hydrogen) atoms. The van der Waals surface area contributed by atoms with Gasteiger partial charge in [-0.25, -0.2) is 15.0 Å². The molecule has 0 bridgehead atoms. The number of carbonyl (C=O) groups is 3. The van der Waals surface area contributed by atoms with Crippen LogP contribution >= 0.6 is 15.9 Å². The van der Waals surface area contributed by atoms with Gasteiger partial charge in [0, 0.05) is 35.3 Å². The first-order chi connectivity index (χ1) is 20.1. The van der Waals surface area contributed by atoms with Crippen LogP contribution in [0.1, 0.15) is 54.5 Å². The van der Waals surface area contributed by atoms with Crippen LogP contribution in [0.25, 0.3) is 22.2 Å². The maximum atomic E-state index is 13.9. The molecule has 2 aliphatic carbocycles. The zero-order valence-electron chi connectivity index (χ0n) is 23.5. The summed E-state index contributed by atoms with van der Waals surface area (Å²) in [7, 11) is 0. The van der Waals surface area contributed by atoms with Gasteiger partial charge in [0.25, 0.3) is 0 Å². The Hall–Kier alpha value is -4.06. The van der Waals surface area contributed by atoms with Gasteiger partial charge in [0.2, 0.25) is 11.8 Å². The third kappa shape index (κ3) is 4.67. The fourth-order valence-electron chi connectivity index (χ4n) is 6.00. The molecule has 11 nitrogen and oxygen atoms in total. The van der Waals surface area contributed by atoms with Crippen LogP contribution in [-0.4, -0.2) is 64.3 Å². The molecule has 1 N–H and O–H groups in total. The van der Waals surface area contributed by atoms with Gasteiger partial charge in [-0.3, -0.25) is 24.0 Å². The summed E-state index contributed by atoms with van der Waals surface area (Å²) in [4.78, 5) is 59.9. The number of carbonyl (C=O) groups excluding carboxylic acids is 3. The Balaban J connectivity index is 1.19. The first-order valence-corrected chi connectivity index (χ1v) is 14.9. The highest BCUT2D eigenvalue weighted by molar-refractivity contribution is 9.10. The minimum absolute atomic E-state index is 0.0158. The molecule has 2 saturated carbocycles. The molecule has 2 amide bonds. The number of nitrogens with zero attached hydrogens (tertiary/aromatic N) is 7. The molecule has 3 atom stereocenters. The smallest absolute Gasteiger partial charge is 0.248 e. The zero-order chi connectivity index (χ0) is 29.3. The van der Waals surface area contributed by atoms with Crippen molar-refractivity contribution >= 4 is 50.2 Å². The van der Waals surface area contributed by atoms with Crippen molar-refractivity contribution in [3.05, 3.63) is 58.5 Å². The topological polar surface area (TPSA) is 136 Å². The highest BCUT2D eigenvalue weighted by atomic mass is 79.9. The number of aryl methyl sites for hydroxylation is 2. The molecule has 12 heteroatoms. The summed E-state index contributed by atoms with van der Waals surface area (Å²) in [5, 5.41) is 8.24. The van der Waals surface area contributed by atoms with Gasteiger partial charge >= 0.3 is 0 Å². The van der Waals surface area contributed by atoms with Crippen molar-refractivity contribution in [3.8, 4) is 11.3 Å². The maximum Gasteiger partial charge on any atom is 0.248 e. The van der Waals surface area contributed by atoms with E-state index in [-0.39, 0.29) is 41.5 Å². The lowest BCUT2D eigenvalue weighted by Crippen LogP contribution is -2.47. The lowest BCUT2D eigenvalue weighted by atomic mass is 10.0. The molecule has 3 aliphatic rings. The number of fused-ring (bicyclic) bond motifs is 2. The molecule has 4 aromatic rings. The quantitative estimate of drug-likeness (QED) is 0.237. The summed E-state index contributed by atoms with van der Waals surface area (Å²) in [6.45, 7) is 5.70. The number of hydrogen-bond donors (Lipinski definition) is 1. The standard InChI is InChI=1S/C30H29BrN8O3/c1-15-4-7-24(31)35-28(15)36-29(42)21-9-30(3)10-23(30)39(21)25(40)14-38-22-13-34-20(18-11-32-16(2)33-12-18)8-19(22)26(37-38)27(41)17-5-6-17/h4,7-8,11-13,17,21,23H,5-6,9-10,14H2,1-3H3,(H,35,36,42)/t21-,23+,30-/m0/s1. The van der Waals surface area contributed by atoms with E-state index in [9.17, 15) is 14.4 Å². The summed E-state index contributed by atoms with van der Waals surface area (Å²) in [5.74, 6) is 0.585. The van der Waals surface area contributed by atoms with E-state index in [1.165, 1.54) is 0 Å². The van der Waals surface area contributed by atoms with E-state index in [2.05, 4.69) is 53.2 Å². The van der Waals surface area contributed by atoms with Crippen molar-refractivity contribution in [3.63, 3.8) is 0 Å². The Labute approximate surface area is 250 Å². The Morgan fingerprint density at radius 2 is 1.83 bits per heavy atom. The van der Waals surface area contributed by atoms with Crippen molar-refractivity contribution in [1.29, 1.82) is 0 Å². The largest absolute Gasteiger partial charge is 0.325 e. The molecule has 0 unspecified atom stereocenters.